The van der Waals surface area contributed by atoms with E-state index in [2.05, 4.69) is 5.32 Å². The number of anilines is 2. The zero-order valence-corrected chi connectivity index (χ0v) is 18.7. The average Bonchev–Trinajstić information content (AvgIpc) is 3.13. The highest BCUT2D eigenvalue weighted by molar-refractivity contribution is 8.05. The first kappa shape index (κ1) is 22.6. The van der Waals surface area contributed by atoms with Crippen molar-refractivity contribution in [1.82, 2.24) is 0 Å². The fraction of sp³-hybridized carbons (Fsp3) is 0.0800. The van der Waals surface area contributed by atoms with Gasteiger partial charge in [0.2, 0.25) is 5.91 Å². The van der Waals surface area contributed by atoms with Crippen LogP contribution in [0.3, 0.4) is 0 Å². The highest BCUT2D eigenvalue weighted by atomic mass is 35.5. The summed E-state index contributed by atoms with van der Waals surface area (Å²) >= 11 is 7.14. The molecule has 0 saturated carbocycles. The molecule has 1 fully saturated rings. The zero-order valence-electron chi connectivity index (χ0n) is 17.2. The Balaban J connectivity index is 1.70. The SMILES string of the molecule is N#C/C(C(=O)Nc1ccc(F)cc1)=C1\S[C@@H](Cc2ccc(Cl)cc2)C(=O)N1c1ccccc1. The largest absolute Gasteiger partial charge is 0.321 e. The van der Waals surface area contributed by atoms with E-state index in [1.54, 1.807) is 36.4 Å². The van der Waals surface area contributed by atoms with Crippen LogP contribution < -0.4 is 10.2 Å². The van der Waals surface area contributed by atoms with E-state index in [1.165, 1.54) is 40.9 Å². The van der Waals surface area contributed by atoms with Crippen molar-refractivity contribution in [2.45, 2.75) is 11.7 Å². The van der Waals surface area contributed by atoms with Gasteiger partial charge in [0.25, 0.3) is 5.91 Å². The number of carbonyl (C=O) groups is 2. The van der Waals surface area contributed by atoms with Gasteiger partial charge in [-0.25, -0.2) is 4.39 Å². The van der Waals surface area contributed by atoms with Crippen LogP contribution in [-0.2, 0) is 16.0 Å². The number of para-hydroxylation sites is 1. The van der Waals surface area contributed by atoms with Gasteiger partial charge in [-0.15, -0.1) is 0 Å². The number of thioether (sulfide) groups is 1. The number of nitrogens with one attached hydrogen (secondary N) is 1. The van der Waals surface area contributed by atoms with Crippen LogP contribution in [-0.4, -0.2) is 17.1 Å². The van der Waals surface area contributed by atoms with Gasteiger partial charge in [-0.2, -0.15) is 5.26 Å². The van der Waals surface area contributed by atoms with Gasteiger partial charge in [-0.05, 0) is 60.5 Å². The van der Waals surface area contributed by atoms with Crippen LogP contribution in [0, 0.1) is 17.1 Å². The van der Waals surface area contributed by atoms with Crippen LogP contribution in [0.5, 0.6) is 0 Å². The lowest BCUT2D eigenvalue weighted by Crippen LogP contribution is -2.30. The minimum atomic E-state index is -0.674. The lowest BCUT2D eigenvalue weighted by molar-refractivity contribution is -0.117. The van der Waals surface area contributed by atoms with E-state index in [1.807, 2.05) is 24.3 Å². The molecule has 0 radical (unpaired) electrons. The number of carbonyl (C=O) groups excluding carboxylic acids is 2. The van der Waals surface area contributed by atoms with Gasteiger partial charge in [0.1, 0.15) is 22.5 Å². The molecular weight excluding hydrogens is 461 g/mol. The van der Waals surface area contributed by atoms with Crippen molar-refractivity contribution in [1.29, 1.82) is 5.26 Å². The molecule has 1 aliphatic rings. The molecule has 33 heavy (non-hydrogen) atoms. The number of rotatable bonds is 5. The second kappa shape index (κ2) is 9.90. The Labute approximate surface area is 199 Å². The summed E-state index contributed by atoms with van der Waals surface area (Å²) in [5.41, 5.74) is 1.62. The van der Waals surface area contributed by atoms with Crippen LogP contribution in [0.15, 0.2) is 89.5 Å². The Hall–Kier alpha value is -3.60. The minimum Gasteiger partial charge on any atom is -0.321 e. The lowest BCUT2D eigenvalue weighted by atomic mass is 10.1. The molecule has 0 aromatic heterocycles. The van der Waals surface area contributed by atoms with E-state index in [9.17, 15) is 19.2 Å². The Morgan fingerprint density at radius 2 is 1.73 bits per heavy atom. The molecule has 164 valence electrons. The summed E-state index contributed by atoms with van der Waals surface area (Å²) in [5, 5.41) is 12.8. The fourth-order valence-corrected chi connectivity index (χ4v) is 4.79. The van der Waals surface area contributed by atoms with Crippen molar-refractivity contribution in [3.63, 3.8) is 0 Å². The van der Waals surface area contributed by atoms with Crippen LogP contribution in [0.1, 0.15) is 5.56 Å². The molecule has 8 heteroatoms. The summed E-state index contributed by atoms with van der Waals surface area (Å²) in [6.07, 6.45) is 0.409. The predicted octanol–water partition coefficient (Wildman–Crippen LogP) is 5.54. The van der Waals surface area contributed by atoms with Crippen molar-refractivity contribution >= 4 is 46.6 Å². The second-order valence-electron chi connectivity index (χ2n) is 7.20. The summed E-state index contributed by atoms with van der Waals surface area (Å²) in [6.45, 7) is 0. The van der Waals surface area contributed by atoms with Crippen molar-refractivity contribution in [3.8, 4) is 6.07 Å². The molecule has 4 rings (SSSR count). The van der Waals surface area contributed by atoms with E-state index in [-0.39, 0.29) is 16.5 Å². The lowest BCUT2D eigenvalue weighted by Gasteiger charge is -2.18. The van der Waals surface area contributed by atoms with E-state index in [0.29, 0.717) is 22.8 Å². The van der Waals surface area contributed by atoms with Crippen LogP contribution >= 0.6 is 23.4 Å². The molecule has 1 heterocycles. The number of amides is 2. The van der Waals surface area contributed by atoms with Gasteiger partial charge < -0.3 is 5.32 Å². The Kier molecular flexibility index (Phi) is 6.78. The molecule has 3 aromatic rings. The maximum absolute atomic E-state index is 13.4. The normalized spacial score (nSPS) is 16.9. The molecule has 1 saturated heterocycles. The van der Waals surface area contributed by atoms with E-state index >= 15 is 0 Å². The Morgan fingerprint density at radius 1 is 1.06 bits per heavy atom. The fourth-order valence-electron chi connectivity index (χ4n) is 3.36. The Bertz CT molecular complexity index is 1260. The van der Waals surface area contributed by atoms with Gasteiger partial charge in [-0.1, -0.05) is 53.7 Å². The molecular formula is C25H17ClFN3O2S. The summed E-state index contributed by atoms with van der Waals surface area (Å²) in [6, 6.07) is 23.2. The Morgan fingerprint density at radius 3 is 2.36 bits per heavy atom. The van der Waals surface area contributed by atoms with Gasteiger partial charge in [0.05, 0.1) is 5.25 Å². The van der Waals surface area contributed by atoms with Crippen molar-refractivity contribution in [2.75, 3.05) is 10.2 Å². The molecule has 3 aromatic carbocycles. The van der Waals surface area contributed by atoms with Crippen molar-refractivity contribution in [2.24, 2.45) is 0 Å². The number of nitriles is 1. The first-order valence-corrected chi connectivity index (χ1v) is 11.2. The third-order valence-electron chi connectivity index (χ3n) is 4.96. The quantitative estimate of drug-likeness (QED) is 0.386. The van der Waals surface area contributed by atoms with Gasteiger partial charge in [0, 0.05) is 16.4 Å². The van der Waals surface area contributed by atoms with Crippen LogP contribution in [0.4, 0.5) is 15.8 Å². The molecule has 2 amide bonds. The third kappa shape index (κ3) is 5.08. The number of nitrogens with zero attached hydrogens (tertiary/aromatic N) is 2. The molecule has 5 nitrogen and oxygen atoms in total. The first-order chi connectivity index (χ1) is 16.0. The standard InChI is InChI=1S/C25H17ClFN3O2S/c26-17-8-6-16(7-9-17)14-22-24(32)30(20-4-2-1-3-5-20)25(33-22)21(15-28)23(31)29-19-12-10-18(27)11-13-19/h1-13,22H,14H2,(H,29,31)/b25-21+/t22-/m0/s1. The maximum atomic E-state index is 13.4. The van der Waals surface area contributed by atoms with Gasteiger partial charge >= 0.3 is 0 Å². The molecule has 1 aliphatic heterocycles. The minimum absolute atomic E-state index is 0.194. The predicted molar refractivity (Wildman–Crippen MR) is 128 cm³/mol. The molecule has 1 N–H and O–H groups in total. The summed E-state index contributed by atoms with van der Waals surface area (Å²) in [5.74, 6) is -1.34. The molecule has 1 atom stereocenters. The summed E-state index contributed by atoms with van der Waals surface area (Å²) < 4.78 is 13.2. The van der Waals surface area contributed by atoms with E-state index < -0.39 is 17.0 Å². The number of halogens is 2. The maximum Gasteiger partial charge on any atom is 0.269 e. The average molecular weight is 478 g/mol. The summed E-state index contributed by atoms with van der Waals surface area (Å²) in [7, 11) is 0. The third-order valence-corrected chi connectivity index (χ3v) is 6.47. The molecule has 0 aliphatic carbocycles. The smallest absolute Gasteiger partial charge is 0.269 e. The number of hydrogen-bond donors (Lipinski definition) is 1. The van der Waals surface area contributed by atoms with Crippen LogP contribution in [0.2, 0.25) is 5.02 Å². The second-order valence-corrected chi connectivity index (χ2v) is 8.83. The zero-order chi connectivity index (χ0) is 23.4. The highest BCUT2D eigenvalue weighted by Gasteiger charge is 2.40. The monoisotopic (exact) mass is 477 g/mol. The van der Waals surface area contributed by atoms with Crippen LogP contribution in [0.25, 0.3) is 0 Å². The van der Waals surface area contributed by atoms with Crippen molar-refractivity contribution in [3.05, 3.63) is 106 Å². The van der Waals surface area contributed by atoms with Gasteiger partial charge in [0.15, 0.2) is 0 Å². The first-order valence-electron chi connectivity index (χ1n) is 9.97. The summed E-state index contributed by atoms with van der Waals surface area (Å²) in [4.78, 5) is 27.7. The van der Waals surface area contributed by atoms with E-state index in [4.69, 9.17) is 11.6 Å². The molecule has 0 unspecified atom stereocenters. The molecule has 0 spiro atoms. The highest BCUT2D eigenvalue weighted by Crippen LogP contribution is 2.42. The van der Waals surface area contributed by atoms with Crippen molar-refractivity contribution < 1.29 is 14.0 Å². The topological polar surface area (TPSA) is 73.2 Å². The molecule has 0 bridgehead atoms. The number of hydrogen-bond acceptors (Lipinski definition) is 4. The van der Waals surface area contributed by atoms with E-state index in [0.717, 1.165) is 5.56 Å². The number of benzene rings is 3. The van der Waals surface area contributed by atoms with Gasteiger partial charge in [-0.3, -0.25) is 14.5 Å².